The molecule has 2 aromatic carbocycles. The van der Waals surface area contributed by atoms with E-state index in [9.17, 15) is 26.7 Å². The van der Waals surface area contributed by atoms with E-state index in [0.717, 1.165) is 35.7 Å². The average Bonchev–Trinajstić information content (AvgIpc) is 2.72. The predicted molar refractivity (Wildman–Crippen MR) is 126 cm³/mol. The zero-order chi connectivity index (χ0) is 24.9. The van der Waals surface area contributed by atoms with Gasteiger partial charge in [0.05, 0.1) is 16.6 Å². The molecule has 2 aromatic rings. The van der Waals surface area contributed by atoms with Gasteiger partial charge in [-0.1, -0.05) is 46.3 Å². The Hall–Kier alpha value is -1.46. The van der Waals surface area contributed by atoms with Crippen LogP contribution < -0.4 is 5.32 Å². The lowest BCUT2D eigenvalue weighted by atomic mass is 9.95. The lowest BCUT2D eigenvalue weighted by molar-refractivity contribution is -0.137. The third-order valence-corrected chi connectivity index (χ3v) is 7.56. The SMILES string of the molecule is CN(CC(O)CNC(C)(C)CCCc1ccccc1)S(=O)(=O)c1cc(Br)cc(C(F)(F)F)c1. The second-order valence-electron chi connectivity index (χ2n) is 8.72. The molecule has 184 valence electrons. The number of aliphatic hydroxyl groups excluding tert-OH is 1. The molecule has 0 saturated carbocycles. The first-order valence-corrected chi connectivity index (χ1v) is 12.8. The van der Waals surface area contributed by atoms with Crippen molar-refractivity contribution in [3.05, 3.63) is 64.1 Å². The lowest BCUT2D eigenvalue weighted by Gasteiger charge is -2.29. The Balaban J connectivity index is 1.92. The number of likely N-dealkylation sites (N-methyl/N-ethyl adjacent to an activating group) is 1. The van der Waals surface area contributed by atoms with Crippen LogP contribution in [0.1, 0.15) is 37.8 Å². The highest BCUT2D eigenvalue weighted by atomic mass is 79.9. The van der Waals surface area contributed by atoms with Crippen molar-refractivity contribution in [2.24, 2.45) is 0 Å². The number of rotatable bonds is 11. The first-order chi connectivity index (χ1) is 15.2. The summed E-state index contributed by atoms with van der Waals surface area (Å²) in [5, 5.41) is 13.6. The maximum Gasteiger partial charge on any atom is 0.416 e. The fourth-order valence-electron chi connectivity index (χ4n) is 3.38. The van der Waals surface area contributed by atoms with Crippen molar-refractivity contribution in [1.82, 2.24) is 9.62 Å². The summed E-state index contributed by atoms with van der Waals surface area (Å²) in [6, 6.07) is 12.6. The molecule has 10 heteroatoms. The minimum absolute atomic E-state index is 0.00349. The van der Waals surface area contributed by atoms with Gasteiger partial charge in [-0.15, -0.1) is 0 Å². The summed E-state index contributed by atoms with van der Waals surface area (Å²) < 4.78 is 65.6. The minimum atomic E-state index is -4.68. The Morgan fingerprint density at radius 1 is 1.12 bits per heavy atom. The second-order valence-corrected chi connectivity index (χ2v) is 11.7. The van der Waals surface area contributed by atoms with Crippen molar-refractivity contribution in [3.8, 4) is 0 Å². The fourth-order valence-corrected chi connectivity index (χ4v) is 5.30. The van der Waals surface area contributed by atoms with Crippen molar-refractivity contribution in [2.45, 2.75) is 55.8 Å². The van der Waals surface area contributed by atoms with Crippen LogP contribution in [0.2, 0.25) is 0 Å². The monoisotopic (exact) mass is 550 g/mol. The van der Waals surface area contributed by atoms with E-state index < -0.39 is 32.8 Å². The third kappa shape index (κ3) is 8.68. The first-order valence-electron chi connectivity index (χ1n) is 10.5. The van der Waals surface area contributed by atoms with Crippen LogP contribution in [-0.4, -0.2) is 49.6 Å². The third-order valence-electron chi connectivity index (χ3n) is 5.30. The Kier molecular flexibility index (Phi) is 9.52. The van der Waals surface area contributed by atoms with Crippen molar-refractivity contribution < 1.29 is 26.7 Å². The van der Waals surface area contributed by atoms with Crippen molar-refractivity contribution in [3.63, 3.8) is 0 Å². The van der Waals surface area contributed by atoms with Gasteiger partial charge in [-0.2, -0.15) is 17.5 Å². The smallest absolute Gasteiger partial charge is 0.390 e. The number of alkyl halides is 3. The highest BCUT2D eigenvalue weighted by Crippen LogP contribution is 2.33. The van der Waals surface area contributed by atoms with Crippen molar-refractivity contribution in [2.75, 3.05) is 20.1 Å². The quantitative estimate of drug-likeness (QED) is 0.420. The molecule has 0 aromatic heterocycles. The Labute approximate surface area is 202 Å². The van der Waals surface area contributed by atoms with E-state index in [-0.39, 0.29) is 23.1 Å². The van der Waals surface area contributed by atoms with E-state index in [0.29, 0.717) is 6.07 Å². The number of benzene rings is 2. The summed E-state index contributed by atoms with van der Waals surface area (Å²) in [7, 11) is -2.99. The van der Waals surface area contributed by atoms with Crippen LogP contribution in [0, 0.1) is 0 Å². The number of nitrogens with zero attached hydrogens (tertiary/aromatic N) is 1. The van der Waals surface area contributed by atoms with E-state index in [1.807, 2.05) is 32.0 Å². The van der Waals surface area contributed by atoms with Gasteiger partial charge in [-0.3, -0.25) is 0 Å². The van der Waals surface area contributed by atoms with Crippen LogP contribution in [0.4, 0.5) is 13.2 Å². The van der Waals surface area contributed by atoms with Crippen LogP contribution in [0.15, 0.2) is 57.9 Å². The number of nitrogens with one attached hydrogen (secondary N) is 1. The summed E-state index contributed by atoms with van der Waals surface area (Å²) >= 11 is 2.94. The maximum atomic E-state index is 13.1. The highest BCUT2D eigenvalue weighted by molar-refractivity contribution is 9.10. The number of β-amino-alcohol motifs (C(OH)–C–C–N with tert-alkyl or cyclic N) is 1. The van der Waals surface area contributed by atoms with E-state index >= 15 is 0 Å². The Morgan fingerprint density at radius 2 is 1.76 bits per heavy atom. The molecule has 0 aliphatic heterocycles. The first kappa shape index (κ1) is 27.8. The Bertz CT molecular complexity index is 1020. The van der Waals surface area contributed by atoms with E-state index in [2.05, 4.69) is 33.4 Å². The number of aliphatic hydroxyl groups is 1. The average molecular weight is 551 g/mol. The van der Waals surface area contributed by atoms with E-state index in [1.165, 1.54) is 12.6 Å². The summed E-state index contributed by atoms with van der Waals surface area (Å²) in [4.78, 5) is -0.492. The van der Waals surface area contributed by atoms with Gasteiger partial charge in [-0.25, -0.2) is 8.42 Å². The molecule has 0 radical (unpaired) electrons. The van der Waals surface area contributed by atoms with Crippen LogP contribution in [-0.2, 0) is 22.6 Å². The molecule has 0 bridgehead atoms. The summed E-state index contributed by atoms with van der Waals surface area (Å²) in [6.45, 7) is 3.89. The molecular formula is C23H30BrF3N2O3S. The van der Waals surface area contributed by atoms with Crippen LogP contribution in [0.25, 0.3) is 0 Å². The molecule has 1 atom stereocenters. The molecule has 0 aliphatic rings. The number of aryl methyl sites for hydroxylation is 1. The van der Waals surface area contributed by atoms with Crippen LogP contribution in [0.5, 0.6) is 0 Å². The molecule has 1 unspecified atom stereocenters. The molecule has 33 heavy (non-hydrogen) atoms. The maximum absolute atomic E-state index is 13.1. The lowest BCUT2D eigenvalue weighted by Crippen LogP contribution is -2.46. The zero-order valence-corrected chi connectivity index (χ0v) is 21.3. The molecule has 2 rings (SSSR count). The summed E-state index contributed by atoms with van der Waals surface area (Å²) in [5.74, 6) is 0. The number of hydrogen-bond donors (Lipinski definition) is 2. The van der Waals surface area contributed by atoms with Gasteiger partial charge in [0.1, 0.15) is 0 Å². The van der Waals surface area contributed by atoms with Gasteiger partial charge in [0.25, 0.3) is 0 Å². The molecule has 5 nitrogen and oxygen atoms in total. The molecule has 0 heterocycles. The second kappa shape index (κ2) is 11.3. The van der Waals surface area contributed by atoms with Gasteiger partial charge in [-0.05, 0) is 56.9 Å². The van der Waals surface area contributed by atoms with Gasteiger partial charge < -0.3 is 10.4 Å². The molecular weight excluding hydrogens is 521 g/mol. The van der Waals surface area contributed by atoms with Gasteiger partial charge in [0.15, 0.2) is 0 Å². The summed E-state index contributed by atoms with van der Waals surface area (Å²) in [5.41, 5.74) is -0.0937. The van der Waals surface area contributed by atoms with Crippen LogP contribution >= 0.6 is 15.9 Å². The molecule has 0 aliphatic carbocycles. The molecule has 2 N–H and O–H groups in total. The highest BCUT2D eigenvalue weighted by Gasteiger charge is 2.33. The molecule has 0 amide bonds. The number of halogens is 4. The van der Waals surface area contributed by atoms with Crippen molar-refractivity contribution in [1.29, 1.82) is 0 Å². The number of sulfonamides is 1. The zero-order valence-electron chi connectivity index (χ0n) is 18.9. The molecule has 0 spiro atoms. The van der Waals surface area contributed by atoms with E-state index in [1.54, 1.807) is 0 Å². The minimum Gasteiger partial charge on any atom is -0.390 e. The standard InChI is InChI=1S/C23H30BrF3N2O3S/c1-22(2,11-7-10-17-8-5-4-6-9-17)28-15-20(30)16-29(3)33(31,32)21-13-18(23(25,26)27)12-19(24)14-21/h4-6,8-9,12-14,20,28,30H,7,10-11,15-16H2,1-3H3. The van der Waals surface area contributed by atoms with E-state index in [4.69, 9.17) is 0 Å². The molecule has 0 saturated heterocycles. The topological polar surface area (TPSA) is 69.6 Å². The van der Waals surface area contributed by atoms with Gasteiger partial charge in [0, 0.05) is 30.1 Å². The van der Waals surface area contributed by atoms with Crippen LogP contribution in [0.3, 0.4) is 0 Å². The van der Waals surface area contributed by atoms with Gasteiger partial charge in [0.2, 0.25) is 10.0 Å². The summed E-state index contributed by atoms with van der Waals surface area (Å²) in [6.07, 6.45) is -2.99. The molecule has 0 fully saturated rings. The van der Waals surface area contributed by atoms with Crippen molar-refractivity contribution >= 4 is 26.0 Å². The normalized spacial score (nSPS) is 14.0. The fraction of sp³-hybridized carbons (Fsp3) is 0.478. The predicted octanol–water partition coefficient (Wildman–Crippen LogP) is 4.84. The largest absolute Gasteiger partial charge is 0.416 e. The Morgan fingerprint density at radius 3 is 2.36 bits per heavy atom. The van der Waals surface area contributed by atoms with Gasteiger partial charge >= 0.3 is 6.18 Å². The number of hydrogen-bond acceptors (Lipinski definition) is 4.